The highest BCUT2D eigenvalue weighted by Crippen LogP contribution is 2.39. The summed E-state index contributed by atoms with van der Waals surface area (Å²) in [6.45, 7) is 9.81. The number of likely N-dealkylation sites (N-methyl/N-ethyl adjacent to an activating group) is 1. The molecule has 0 fully saturated rings. The summed E-state index contributed by atoms with van der Waals surface area (Å²) in [5, 5.41) is 0.432. The van der Waals surface area contributed by atoms with Crippen LogP contribution in [-0.2, 0) is 0 Å². The van der Waals surface area contributed by atoms with Gasteiger partial charge in [-0.05, 0) is 49.3 Å². The van der Waals surface area contributed by atoms with E-state index in [1.807, 2.05) is 24.3 Å². The van der Waals surface area contributed by atoms with Crippen molar-refractivity contribution in [2.75, 3.05) is 39.9 Å². The van der Waals surface area contributed by atoms with Crippen LogP contribution < -0.4 is 14.9 Å². The number of methoxy groups -OCH3 is 1. The summed E-state index contributed by atoms with van der Waals surface area (Å²) in [6, 6.07) is 12.2. The predicted molar refractivity (Wildman–Crippen MR) is 132 cm³/mol. The lowest BCUT2D eigenvalue weighted by Gasteiger charge is -2.28. The number of carbonyl (C=O) groups is 1. The molecule has 7 heteroatoms. The molecule has 34 heavy (non-hydrogen) atoms. The van der Waals surface area contributed by atoms with Gasteiger partial charge in [0, 0.05) is 19.2 Å². The van der Waals surface area contributed by atoms with E-state index in [2.05, 4.69) is 25.7 Å². The third-order valence-electron chi connectivity index (χ3n) is 6.37. The zero-order valence-corrected chi connectivity index (χ0v) is 20.3. The highest BCUT2D eigenvalue weighted by atomic mass is 16.5. The Bertz CT molecular complexity index is 1230. The number of amides is 1. The number of hydrogen-bond acceptors (Lipinski definition) is 6. The Morgan fingerprint density at radius 1 is 1.03 bits per heavy atom. The van der Waals surface area contributed by atoms with E-state index in [0.717, 1.165) is 30.8 Å². The van der Waals surface area contributed by atoms with Gasteiger partial charge in [-0.2, -0.15) is 0 Å². The first kappa shape index (κ1) is 23.8. The molecule has 0 radical (unpaired) electrons. The van der Waals surface area contributed by atoms with Crippen LogP contribution in [0.4, 0.5) is 0 Å². The van der Waals surface area contributed by atoms with Gasteiger partial charge in [-0.25, -0.2) is 0 Å². The summed E-state index contributed by atoms with van der Waals surface area (Å²) in [5.41, 5.74) is 1.37. The van der Waals surface area contributed by atoms with Crippen molar-refractivity contribution in [2.24, 2.45) is 0 Å². The average molecular weight is 465 g/mol. The summed E-state index contributed by atoms with van der Waals surface area (Å²) >= 11 is 0. The molecule has 0 aliphatic carbocycles. The number of carbonyl (C=O) groups excluding carboxylic acids is 1. The minimum absolute atomic E-state index is 0.107. The largest absolute Gasteiger partial charge is 0.497 e. The van der Waals surface area contributed by atoms with Crippen LogP contribution in [0.3, 0.4) is 0 Å². The van der Waals surface area contributed by atoms with E-state index in [0.29, 0.717) is 42.0 Å². The predicted octanol–water partition coefficient (Wildman–Crippen LogP) is 4.48. The lowest BCUT2D eigenvalue weighted by atomic mass is 9.98. The van der Waals surface area contributed by atoms with Crippen LogP contribution in [0, 0.1) is 0 Å². The Hall–Kier alpha value is -3.32. The number of benzene rings is 2. The van der Waals surface area contributed by atoms with Crippen molar-refractivity contribution in [3.05, 3.63) is 69.6 Å². The quantitative estimate of drug-likeness (QED) is 0.441. The van der Waals surface area contributed by atoms with Crippen molar-refractivity contribution < 1.29 is 18.7 Å². The van der Waals surface area contributed by atoms with Gasteiger partial charge in [0.25, 0.3) is 5.91 Å². The Kier molecular flexibility index (Phi) is 7.22. The molecule has 2 heterocycles. The molecule has 0 saturated heterocycles. The van der Waals surface area contributed by atoms with Crippen molar-refractivity contribution in [3.63, 3.8) is 0 Å². The van der Waals surface area contributed by atoms with Crippen molar-refractivity contribution in [2.45, 2.75) is 33.2 Å². The SMILES string of the molecule is CCCOc1cccc(C2c3c(oc4cc(OC)ccc4c3=O)C(=O)N2CCN(CC)CC)c1. The first-order chi connectivity index (χ1) is 16.5. The number of rotatable bonds is 10. The zero-order chi connectivity index (χ0) is 24.2. The van der Waals surface area contributed by atoms with Gasteiger partial charge in [-0.15, -0.1) is 0 Å². The highest BCUT2D eigenvalue weighted by Gasteiger charge is 2.42. The van der Waals surface area contributed by atoms with Crippen molar-refractivity contribution >= 4 is 16.9 Å². The fraction of sp³-hybridized carbons (Fsp3) is 0.407. The summed E-state index contributed by atoms with van der Waals surface area (Å²) in [5.74, 6) is 1.12. The van der Waals surface area contributed by atoms with Crippen LogP contribution >= 0.6 is 0 Å². The molecule has 1 atom stereocenters. The zero-order valence-electron chi connectivity index (χ0n) is 20.3. The maximum Gasteiger partial charge on any atom is 0.290 e. The standard InChI is InChI=1S/C27H32N2O5/c1-5-15-33-20-10-8-9-18(16-20)24-23-25(30)21-12-11-19(32-4)17-22(21)34-26(23)27(31)29(24)14-13-28(6-2)7-3/h8-12,16-17,24H,5-7,13-15H2,1-4H3. The molecule has 2 aromatic carbocycles. The molecular weight excluding hydrogens is 432 g/mol. The van der Waals surface area contributed by atoms with E-state index in [4.69, 9.17) is 13.9 Å². The van der Waals surface area contributed by atoms with Crippen LogP contribution in [0.15, 0.2) is 51.7 Å². The summed E-state index contributed by atoms with van der Waals surface area (Å²) in [7, 11) is 1.55. The monoisotopic (exact) mass is 464 g/mol. The van der Waals surface area contributed by atoms with Gasteiger partial charge >= 0.3 is 0 Å². The molecule has 4 rings (SSSR count). The second-order valence-electron chi connectivity index (χ2n) is 8.38. The Balaban J connectivity index is 1.84. The minimum atomic E-state index is -0.536. The van der Waals surface area contributed by atoms with Gasteiger partial charge in [-0.3, -0.25) is 9.59 Å². The number of ether oxygens (including phenoxy) is 2. The molecule has 1 aromatic heterocycles. The van der Waals surface area contributed by atoms with Gasteiger partial charge in [0.2, 0.25) is 5.76 Å². The summed E-state index contributed by atoms with van der Waals surface area (Å²) < 4.78 is 17.2. The molecule has 1 aliphatic heterocycles. The molecule has 7 nitrogen and oxygen atoms in total. The highest BCUT2D eigenvalue weighted by molar-refractivity contribution is 5.99. The molecular formula is C27H32N2O5. The van der Waals surface area contributed by atoms with Crippen LogP contribution in [0.1, 0.15) is 54.9 Å². The van der Waals surface area contributed by atoms with Gasteiger partial charge in [0.15, 0.2) is 5.43 Å². The van der Waals surface area contributed by atoms with Crippen molar-refractivity contribution in [3.8, 4) is 11.5 Å². The Morgan fingerprint density at radius 2 is 1.82 bits per heavy atom. The smallest absolute Gasteiger partial charge is 0.290 e. The third kappa shape index (κ3) is 4.40. The van der Waals surface area contributed by atoms with E-state index in [-0.39, 0.29) is 17.1 Å². The van der Waals surface area contributed by atoms with E-state index in [1.165, 1.54) is 0 Å². The van der Waals surface area contributed by atoms with Gasteiger partial charge in [0.05, 0.1) is 30.7 Å². The lowest BCUT2D eigenvalue weighted by Crippen LogP contribution is -2.37. The number of hydrogen-bond donors (Lipinski definition) is 0. The Labute approximate surface area is 199 Å². The molecule has 0 spiro atoms. The molecule has 1 aliphatic rings. The van der Waals surface area contributed by atoms with Crippen LogP contribution in [-0.4, -0.2) is 55.6 Å². The fourth-order valence-corrected chi connectivity index (χ4v) is 4.49. The van der Waals surface area contributed by atoms with E-state index in [1.54, 1.807) is 30.2 Å². The topological polar surface area (TPSA) is 72.2 Å². The van der Waals surface area contributed by atoms with Crippen LogP contribution in [0.5, 0.6) is 11.5 Å². The minimum Gasteiger partial charge on any atom is -0.497 e. The second-order valence-corrected chi connectivity index (χ2v) is 8.38. The van der Waals surface area contributed by atoms with Gasteiger partial charge in [-0.1, -0.05) is 32.9 Å². The Morgan fingerprint density at radius 3 is 2.53 bits per heavy atom. The first-order valence-corrected chi connectivity index (χ1v) is 11.9. The molecule has 0 saturated carbocycles. The first-order valence-electron chi connectivity index (χ1n) is 11.9. The van der Waals surface area contributed by atoms with Crippen molar-refractivity contribution in [1.82, 2.24) is 9.80 Å². The van der Waals surface area contributed by atoms with E-state index in [9.17, 15) is 9.59 Å². The van der Waals surface area contributed by atoms with Crippen LogP contribution in [0.2, 0.25) is 0 Å². The fourth-order valence-electron chi connectivity index (χ4n) is 4.49. The lowest BCUT2D eigenvalue weighted by molar-refractivity contribution is 0.0708. The maximum absolute atomic E-state index is 13.7. The second kappa shape index (κ2) is 10.3. The third-order valence-corrected chi connectivity index (χ3v) is 6.37. The van der Waals surface area contributed by atoms with Crippen molar-refractivity contribution in [1.29, 1.82) is 0 Å². The van der Waals surface area contributed by atoms with E-state index < -0.39 is 6.04 Å². The maximum atomic E-state index is 13.7. The van der Waals surface area contributed by atoms with Gasteiger partial charge < -0.3 is 23.7 Å². The molecule has 180 valence electrons. The molecule has 1 amide bonds. The number of fused-ring (bicyclic) bond motifs is 2. The molecule has 0 N–H and O–H groups in total. The summed E-state index contributed by atoms with van der Waals surface area (Å²) in [4.78, 5) is 31.3. The number of nitrogens with zero attached hydrogens (tertiary/aromatic N) is 2. The normalized spacial score (nSPS) is 15.3. The van der Waals surface area contributed by atoms with Gasteiger partial charge in [0.1, 0.15) is 17.1 Å². The molecule has 1 unspecified atom stereocenters. The molecule has 3 aromatic rings. The molecule has 0 bridgehead atoms. The van der Waals surface area contributed by atoms with E-state index >= 15 is 0 Å². The van der Waals surface area contributed by atoms with Crippen LogP contribution in [0.25, 0.3) is 11.0 Å². The average Bonchev–Trinajstić information content (AvgIpc) is 3.15. The summed E-state index contributed by atoms with van der Waals surface area (Å²) in [6.07, 6.45) is 0.893.